The van der Waals surface area contributed by atoms with Gasteiger partial charge in [-0.3, -0.25) is 14.5 Å². The van der Waals surface area contributed by atoms with Crippen LogP contribution in [-0.2, 0) is 24.0 Å². The van der Waals surface area contributed by atoms with Gasteiger partial charge in [-0.25, -0.2) is 4.79 Å². The minimum atomic E-state index is -0.904. The Kier molecular flexibility index (Phi) is 9.13. The molecule has 2 aliphatic rings. The van der Waals surface area contributed by atoms with Crippen LogP contribution in [0.1, 0.15) is 27.8 Å². The Hall–Kier alpha value is -5.01. The van der Waals surface area contributed by atoms with Gasteiger partial charge in [0.2, 0.25) is 5.13 Å². The van der Waals surface area contributed by atoms with Gasteiger partial charge in [0.05, 0.1) is 0 Å². The number of ether oxygens (including phenoxy) is 1. The summed E-state index contributed by atoms with van der Waals surface area (Å²) >= 11 is 2.73. The number of esters is 1. The van der Waals surface area contributed by atoms with Crippen LogP contribution in [-0.4, -0.2) is 77.0 Å². The van der Waals surface area contributed by atoms with Crippen LogP contribution in [0.2, 0.25) is 0 Å². The predicted molar refractivity (Wildman–Crippen MR) is 177 cm³/mol. The molecule has 0 aliphatic carbocycles. The first-order valence-electron chi connectivity index (χ1n) is 14.3. The fourth-order valence-electron chi connectivity index (χ4n) is 5.16. The molecule has 13 heteroatoms. The number of carbonyl (C=O) groups excluding carboxylic acids is 3. The minimum Gasteiger partial charge on any atom is -0.448 e. The van der Waals surface area contributed by atoms with E-state index in [1.165, 1.54) is 35.1 Å². The van der Waals surface area contributed by atoms with E-state index in [0.717, 1.165) is 11.1 Å². The molecule has 2 atom stereocenters. The van der Waals surface area contributed by atoms with E-state index in [1.54, 1.807) is 24.3 Å². The topological polar surface area (TPSA) is 126 Å². The van der Waals surface area contributed by atoms with Crippen LogP contribution in [0.5, 0.6) is 0 Å². The Morgan fingerprint density at radius 1 is 0.957 bits per heavy atom. The molecule has 234 valence electrons. The van der Waals surface area contributed by atoms with Crippen molar-refractivity contribution in [2.45, 2.75) is 17.5 Å². The number of hydrogen-bond acceptors (Lipinski definition) is 11. The average molecular weight is 655 g/mol. The number of oxime groups is 1. The molecule has 1 N–H and O–H groups in total. The third-order valence-electron chi connectivity index (χ3n) is 7.38. The lowest BCUT2D eigenvalue weighted by atomic mass is 10.0. The standard InChI is InChI=1S/C33H30N6O5S2/c1-38(2)33-36-35-29(46-33)23-19-45-31-25(34-28(40)24(37-43-3)20-13-7-4-8-14-20)30(41)39(31)26(23)32(42)44-27(21-15-9-5-10-16-21)22-17-11-6-12-18-22/h4-18,25,27,31H,19H2,1-3H3,(H,34,40)/b37-24+/t25?,31-/m1/s1. The molecule has 4 aromatic rings. The SMILES string of the molecule is CO/N=C(/C(=O)NC1C(=O)N2C(C(=O)OC(c3ccccc3)c3ccccc3)=C(c3nnc(N(C)C)s3)CS[C@H]12)c1ccccc1. The van der Waals surface area contributed by atoms with Gasteiger partial charge < -0.3 is 19.8 Å². The molecule has 1 aromatic heterocycles. The van der Waals surface area contributed by atoms with E-state index in [9.17, 15) is 14.4 Å². The van der Waals surface area contributed by atoms with Gasteiger partial charge in [-0.05, 0) is 11.1 Å². The molecule has 3 heterocycles. The van der Waals surface area contributed by atoms with Crippen molar-refractivity contribution in [1.82, 2.24) is 20.4 Å². The molecular formula is C33H30N6O5S2. The number of nitrogens with one attached hydrogen (secondary N) is 1. The highest BCUT2D eigenvalue weighted by molar-refractivity contribution is 8.00. The van der Waals surface area contributed by atoms with E-state index >= 15 is 0 Å². The average Bonchev–Trinajstić information content (AvgIpc) is 3.59. The summed E-state index contributed by atoms with van der Waals surface area (Å²) in [7, 11) is 5.06. The largest absolute Gasteiger partial charge is 0.448 e. The Bertz CT molecular complexity index is 1760. The van der Waals surface area contributed by atoms with Gasteiger partial charge in [0.15, 0.2) is 11.8 Å². The lowest BCUT2D eigenvalue weighted by molar-refractivity contribution is -0.154. The number of β-lactam (4-membered cyclic amide) rings is 1. The first kappa shape index (κ1) is 31.0. The fraction of sp³-hybridized carbons (Fsp3) is 0.212. The third-order valence-corrected chi connectivity index (χ3v) is 9.81. The first-order chi connectivity index (χ1) is 22.4. The highest BCUT2D eigenvalue weighted by atomic mass is 32.2. The second-order valence-electron chi connectivity index (χ2n) is 10.6. The lowest BCUT2D eigenvalue weighted by Gasteiger charge is -2.49. The molecular weight excluding hydrogens is 625 g/mol. The van der Waals surface area contributed by atoms with E-state index in [2.05, 4.69) is 20.7 Å². The summed E-state index contributed by atoms with van der Waals surface area (Å²) in [6.07, 6.45) is -0.728. The van der Waals surface area contributed by atoms with Crippen molar-refractivity contribution < 1.29 is 24.0 Å². The molecule has 0 spiro atoms. The van der Waals surface area contributed by atoms with Crippen molar-refractivity contribution in [3.63, 3.8) is 0 Å². The maximum Gasteiger partial charge on any atom is 0.356 e. The second-order valence-corrected chi connectivity index (χ2v) is 12.6. The van der Waals surface area contributed by atoms with Crippen LogP contribution in [0.3, 0.4) is 0 Å². The molecule has 11 nitrogen and oxygen atoms in total. The molecule has 1 fully saturated rings. The first-order valence-corrected chi connectivity index (χ1v) is 16.2. The van der Waals surface area contributed by atoms with Crippen LogP contribution in [0.15, 0.2) is 102 Å². The van der Waals surface area contributed by atoms with Crippen molar-refractivity contribution in [2.24, 2.45) is 5.16 Å². The van der Waals surface area contributed by atoms with Crippen LogP contribution >= 0.6 is 23.1 Å². The number of aromatic nitrogens is 2. The van der Waals surface area contributed by atoms with Crippen LogP contribution in [0, 0.1) is 0 Å². The van der Waals surface area contributed by atoms with Crippen molar-refractivity contribution in [3.8, 4) is 0 Å². The highest BCUT2D eigenvalue weighted by Crippen LogP contribution is 2.45. The molecule has 0 bridgehead atoms. The molecule has 0 radical (unpaired) electrons. The second kappa shape index (κ2) is 13.5. The molecule has 1 saturated heterocycles. The summed E-state index contributed by atoms with van der Waals surface area (Å²) in [4.78, 5) is 49.6. The molecule has 0 saturated carbocycles. The summed E-state index contributed by atoms with van der Waals surface area (Å²) in [5.41, 5.74) is 2.76. The van der Waals surface area contributed by atoms with Crippen molar-refractivity contribution in [1.29, 1.82) is 0 Å². The monoisotopic (exact) mass is 654 g/mol. The van der Waals surface area contributed by atoms with Crippen LogP contribution in [0.4, 0.5) is 5.13 Å². The Morgan fingerprint density at radius 2 is 1.57 bits per heavy atom. The van der Waals surface area contributed by atoms with Gasteiger partial charge >= 0.3 is 5.97 Å². The molecule has 6 rings (SSSR count). The summed E-state index contributed by atoms with van der Waals surface area (Å²) in [6.45, 7) is 0. The van der Waals surface area contributed by atoms with Gasteiger partial charge in [0, 0.05) is 31.0 Å². The zero-order chi connectivity index (χ0) is 32.2. The van der Waals surface area contributed by atoms with Crippen LogP contribution < -0.4 is 10.2 Å². The number of nitrogens with zero attached hydrogens (tertiary/aromatic N) is 5. The summed E-state index contributed by atoms with van der Waals surface area (Å²) in [6, 6.07) is 26.8. The van der Waals surface area contributed by atoms with Gasteiger partial charge in [-0.2, -0.15) is 0 Å². The molecule has 3 aromatic carbocycles. The minimum absolute atomic E-state index is 0.0321. The molecule has 2 amide bonds. The number of amides is 2. The number of benzene rings is 3. The van der Waals surface area contributed by atoms with E-state index < -0.39 is 35.3 Å². The number of anilines is 1. The summed E-state index contributed by atoms with van der Waals surface area (Å²) < 4.78 is 6.24. The van der Waals surface area contributed by atoms with Crippen molar-refractivity contribution in [3.05, 3.63) is 118 Å². The predicted octanol–water partition coefficient (Wildman–Crippen LogP) is 4.10. The zero-order valence-corrected chi connectivity index (χ0v) is 26.8. The summed E-state index contributed by atoms with van der Waals surface area (Å²) in [5, 5.41) is 15.9. The molecule has 2 aliphatic heterocycles. The lowest BCUT2D eigenvalue weighted by Crippen LogP contribution is -2.71. The van der Waals surface area contributed by atoms with Gasteiger partial charge in [0.1, 0.15) is 29.2 Å². The highest BCUT2D eigenvalue weighted by Gasteiger charge is 2.55. The Morgan fingerprint density at radius 3 is 2.13 bits per heavy atom. The smallest absolute Gasteiger partial charge is 0.356 e. The fourth-order valence-corrected chi connectivity index (χ4v) is 7.41. The zero-order valence-electron chi connectivity index (χ0n) is 25.2. The maximum absolute atomic E-state index is 14.3. The normalized spacial score (nSPS) is 17.7. The van der Waals surface area contributed by atoms with Crippen molar-refractivity contribution in [2.75, 3.05) is 31.9 Å². The van der Waals surface area contributed by atoms with Gasteiger partial charge in [-0.1, -0.05) is 107 Å². The van der Waals surface area contributed by atoms with E-state index in [1.807, 2.05) is 85.7 Å². The van der Waals surface area contributed by atoms with Gasteiger partial charge in [0.25, 0.3) is 11.8 Å². The number of carbonyl (C=O) groups is 3. The molecule has 1 unspecified atom stereocenters. The number of thioether (sulfide) groups is 1. The Labute approximate surface area is 273 Å². The maximum atomic E-state index is 14.3. The number of fused-ring (bicyclic) bond motifs is 1. The van der Waals surface area contributed by atoms with E-state index in [0.29, 0.717) is 27.0 Å². The number of rotatable bonds is 10. The number of hydrogen-bond donors (Lipinski definition) is 1. The third kappa shape index (κ3) is 6.11. The quantitative estimate of drug-likeness (QED) is 0.116. The van der Waals surface area contributed by atoms with E-state index in [-0.39, 0.29) is 11.4 Å². The van der Waals surface area contributed by atoms with E-state index in [4.69, 9.17) is 9.57 Å². The molecule has 46 heavy (non-hydrogen) atoms. The van der Waals surface area contributed by atoms with Gasteiger partial charge in [-0.15, -0.1) is 22.0 Å². The van der Waals surface area contributed by atoms with Crippen molar-refractivity contribution >= 4 is 57.3 Å². The van der Waals surface area contributed by atoms with Crippen LogP contribution in [0.25, 0.3) is 5.57 Å². The Balaban J connectivity index is 1.33. The summed E-state index contributed by atoms with van der Waals surface area (Å²) in [5.74, 6) is -1.36.